The van der Waals surface area contributed by atoms with Gasteiger partial charge in [0, 0.05) is 24.1 Å². The van der Waals surface area contributed by atoms with Gasteiger partial charge in [-0.15, -0.1) is 0 Å². The largest absolute Gasteiger partial charge is 0.481 e. The third-order valence-corrected chi connectivity index (χ3v) is 3.04. The molecule has 0 fully saturated rings. The minimum Gasteiger partial charge on any atom is -0.481 e. The van der Waals surface area contributed by atoms with Crippen molar-refractivity contribution in [2.24, 2.45) is 0 Å². The van der Waals surface area contributed by atoms with Crippen LogP contribution in [-0.4, -0.2) is 38.5 Å². The maximum atomic E-state index is 12.0. The van der Waals surface area contributed by atoms with Crippen molar-refractivity contribution in [3.8, 4) is 0 Å². The summed E-state index contributed by atoms with van der Waals surface area (Å²) >= 11 is 0. The molecule has 0 aliphatic carbocycles. The molecule has 22 heavy (non-hydrogen) atoms. The van der Waals surface area contributed by atoms with E-state index in [-0.39, 0.29) is 17.7 Å². The first kappa shape index (κ1) is 17.1. The normalized spacial score (nSPS) is 13.0. The summed E-state index contributed by atoms with van der Waals surface area (Å²) in [5.74, 6) is -3.31. The van der Waals surface area contributed by atoms with E-state index in [1.54, 1.807) is 0 Å². The SMILES string of the molecule is C[C@](CCC(=O)O)(NC(=O)c1ccc([N+](=O)[O-])cc1)C(=O)O. The van der Waals surface area contributed by atoms with Crippen LogP contribution in [0.25, 0.3) is 0 Å². The Balaban J connectivity index is 2.89. The molecule has 9 nitrogen and oxygen atoms in total. The molecule has 0 spiro atoms. The van der Waals surface area contributed by atoms with Gasteiger partial charge in [-0.2, -0.15) is 0 Å². The fourth-order valence-corrected chi connectivity index (χ4v) is 1.64. The summed E-state index contributed by atoms with van der Waals surface area (Å²) in [5, 5.41) is 30.5. The summed E-state index contributed by atoms with van der Waals surface area (Å²) in [5.41, 5.74) is -1.92. The number of carboxylic acids is 2. The zero-order valence-electron chi connectivity index (χ0n) is 11.6. The number of benzene rings is 1. The van der Waals surface area contributed by atoms with Crippen molar-refractivity contribution >= 4 is 23.5 Å². The van der Waals surface area contributed by atoms with Crippen LogP contribution in [0.2, 0.25) is 0 Å². The molecule has 0 saturated heterocycles. The molecule has 0 saturated carbocycles. The van der Waals surface area contributed by atoms with E-state index in [4.69, 9.17) is 10.2 Å². The molecular formula is C13H14N2O7. The highest BCUT2D eigenvalue weighted by Gasteiger charge is 2.35. The third kappa shape index (κ3) is 4.27. The number of hydrogen-bond donors (Lipinski definition) is 3. The number of carbonyl (C=O) groups is 3. The lowest BCUT2D eigenvalue weighted by atomic mass is 9.95. The van der Waals surface area contributed by atoms with Gasteiger partial charge in [-0.05, 0) is 25.5 Å². The van der Waals surface area contributed by atoms with Crippen molar-refractivity contribution in [2.45, 2.75) is 25.3 Å². The number of amides is 1. The van der Waals surface area contributed by atoms with Crippen molar-refractivity contribution in [1.82, 2.24) is 5.32 Å². The zero-order chi connectivity index (χ0) is 16.9. The molecule has 0 aliphatic rings. The highest BCUT2D eigenvalue weighted by atomic mass is 16.6. The van der Waals surface area contributed by atoms with Crippen molar-refractivity contribution < 1.29 is 29.5 Å². The summed E-state index contributed by atoms with van der Waals surface area (Å²) in [6.45, 7) is 1.20. The number of carbonyl (C=O) groups excluding carboxylic acids is 1. The van der Waals surface area contributed by atoms with E-state index in [1.807, 2.05) is 0 Å². The molecule has 0 aliphatic heterocycles. The van der Waals surface area contributed by atoms with Gasteiger partial charge in [0.25, 0.3) is 11.6 Å². The van der Waals surface area contributed by atoms with Crippen LogP contribution in [0, 0.1) is 10.1 Å². The van der Waals surface area contributed by atoms with Crippen LogP contribution in [0.1, 0.15) is 30.1 Å². The Hall–Kier alpha value is -2.97. The van der Waals surface area contributed by atoms with E-state index in [0.717, 1.165) is 12.1 Å². The summed E-state index contributed by atoms with van der Waals surface area (Å²) in [6.07, 6.45) is -0.722. The Morgan fingerprint density at radius 2 is 1.77 bits per heavy atom. The van der Waals surface area contributed by atoms with Gasteiger partial charge in [-0.3, -0.25) is 19.7 Å². The van der Waals surface area contributed by atoms with Crippen molar-refractivity contribution in [1.29, 1.82) is 0 Å². The first-order valence-electron chi connectivity index (χ1n) is 6.18. The fourth-order valence-electron chi connectivity index (χ4n) is 1.64. The van der Waals surface area contributed by atoms with Gasteiger partial charge in [-0.1, -0.05) is 0 Å². The molecular weight excluding hydrogens is 296 g/mol. The van der Waals surface area contributed by atoms with Crippen LogP contribution >= 0.6 is 0 Å². The van der Waals surface area contributed by atoms with E-state index in [0.29, 0.717) is 0 Å². The summed E-state index contributed by atoms with van der Waals surface area (Å²) < 4.78 is 0. The fraction of sp³-hybridized carbons (Fsp3) is 0.308. The Bertz CT molecular complexity index is 611. The van der Waals surface area contributed by atoms with E-state index in [9.17, 15) is 24.5 Å². The molecule has 9 heteroatoms. The van der Waals surface area contributed by atoms with Gasteiger partial charge in [-0.25, -0.2) is 4.79 Å². The summed E-state index contributed by atoms with van der Waals surface area (Å²) in [7, 11) is 0. The van der Waals surface area contributed by atoms with Crippen LogP contribution in [-0.2, 0) is 9.59 Å². The molecule has 1 rings (SSSR count). The van der Waals surface area contributed by atoms with Gasteiger partial charge in [0.1, 0.15) is 5.54 Å². The number of nitrogens with zero attached hydrogens (tertiary/aromatic N) is 1. The molecule has 0 bridgehead atoms. The van der Waals surface area contributed by atoms with Gasteiger partial charge in [0.05, 0.1) is 4.92 Å². The van der Waals surface area contributed by atoms with E-state index < -0.39 is 34.7 Å². The second-order valence-electron chi connectivity index (χ2n) is 4.79. The first-order valence-corrected chi connectivity index (χ1v) is 6.18. The molecule has 0 unspecified atom stereocenters. The third-order valence-electron chi connectivity index (χ3n) is 3.04. The maximum absolute atomic E-state index is 12.0. The number of rotatable bonds is 7. The molecule has 3 N–H and O–H groups in total. The lowest BCUT2D eigenvalue weighted by Gasteiger charge is -2.25. The Labute approximate surface area is 124 Å². The van der Waals surface area contributed by atoms with Gasteiger partial charge in [0.15, 0.2) is 0 Å². The van der Waals surface area contributed by atoms with E-state index in [1.165, 1.54) is 19.1 Å². The van der Waals surface area contributed by atoms with E-state index >= 15 is 0 Å². The number of nitrogens with one attached hydrogen (secondary N) is 1. The number of nitro benzene ring substituents is 1. The predicted molar refractivity (Wildman–Crippen MR) is 73.5 cm³/mol. The molecule has 0 radical (unpaired) electrons. The van der Waals surface area contributed by atoms with Gasteiger partial charge >= 0.3 is 11.9 Å². The monoisotopic (exact) mass is 310 g/mol. The van der Waals surface area contributed by atoms with Crippen LogP contribution in [0.5, 0.6) is 0 Å². The summed E-state index contributed by atoms with van der Waals surface area (Å²) in [4.78, 5) is 43.7. The van der Waals surface area contributed by atoms with Crippen molar-refractivity contribution in [2.75, 3.05) is 0 Å². The van der Waals surface area contributed by atoms with Crippen LogP contribution in [0.15, 0.2) is 24.3 Å². The highest BCUT2D eigenvalue weighted by Crippen LogP contribution is 2.16. The average Bonchev–Trinajstić information content (AvgIpc) is 2.45. The van der Waals surface area contributed by atoms with Crippen LogP contribution in [0.4, 0.5) is 5.69 Å². The first-order chi connectivity index (χ1) is 10.2. The Morgan fingerprint density at radius 3 is 2.18 bits per heavy atom. The lowest BCUT2D eigenvalue weighted by Crippen LogP contribution is -2.52. The smallest absolute Gasteiger partial charge is 0.329 e. The number of hydrogen-bond acceptors (Lipinski definition) is 5. The predicted octanol–water partition coefficient (Wildman–Crippen LogP) is 1.03. The minimum atomic E-state index is -1.75. The van der Waals surface area contributed by atoms with Crippen molar-refractivity contribution in [3.05, 3.63) is 39.9 Å². The molecule has 1 aromatic carbocycles. The number of aliphatic carboxylic acids is 2. The van der Waals surface area contributed by atoms with Crippen molar-refractivity contribution in [3.63, 3.8) is 0 Å². The zero-order valence-corrected chi connectivity index (χ0v) is 11.6. The molecule has 0 heterocycles. The molecule has 118 valence electrons. The van der Waals surface area contributed by atoms with Gasteiger partial charge < -0.3 is 15.5 Å². The topological polar surface area (TPSA) is 147 Å². The Morgan fingerprint density at radius 1 is 1.23 bits per heavy atom. The number of carboxylic acid groups (broad SMARTS) is 2. The second kappa shape index (κ2) is 6.66. The standard InChI is InChI=1S/C13H14N2O7/c1-13(12(19)20,7-6-10(16)17)14-11(18)8-2-4-9(5-3-8)15(21)22/h2-5H,6-7H2,1H3,(H,14,18)(H,16,17)(H,19,20)/t13-/m1/s1. The quantitative estimate of drug-likeness (QED) is 0.503. The molecule has 1 atom stereocenters. The average molecular weight is 310 g/mol. The van der Waals surface area contributed by atoms with Gasteiger partial charge in [0.2, 0.25) is 0 Å². The molecule has 1 aromatic rings. The number of nitro groups is 1. The summed E-state index contributed by atoms with van der Waals surface area (Å²) in [6, 6.07) is 4.61. The minimum absolute atomic E-state index is 0.0356. The van der Waals surface area contributed by atoms with Crippen LogP contribution < -0.4 is 5.32 Å². The molecule has 0 aromatic heterocycles. The number of non-ortho nitro benzene ring substituents is 1. The molecule has 1 amide bonds. The lowest BCUT2D eigenvalue weighted by molar-refractivity contribution is -0.384. The Kier molecular flexibility index (Phi) is 5.17. The van der Waals surface area contributed by atoms with E-state index in [2.05, 4.69) is 5.32 Å². The maximum Gasteiger partial charge on any atom is 0.329 e. The van der Waals surface area contributed by atoms with Crippen LogP contribution in [0.3, 0.4) is 0 Å². The highest BCUT2D eigenvalue weighted by molar-refractivity contribution is 5.98. The second-order valence-corrected chi connectivity index (χ2v) is 4.79.